The van der Waals surface area contributed by atoms with Gasteiger partial charge in [0.25, 0.3) is 5.91 Å². The fourth-order valence-corrected chi connectivity index (χ4v) is 4.48. The van der Waals surface area contributed by atoms with E-state index in [1.807, 2.05) is 43.3 Å². The molecule has 1 N–H and O–H groups in total. The molecule has 162 valence electrons. The van der Waals surface area contributed by atoms with Crippen LogP contribution in [0.3, 0.4) is 0 Å². The third kappa shape index (κ3) is 4.48. The molecule has 0 bridgehead atoms. The van der Waals surface area contributed by atoms with Crippen molar-refractivity contribution >= 4 is 16.9 Å². The maximum absolute atomic E-state index is 12.8. The summed E-state index contributed by atoms with van der Waals surface area (Å²) >= 11 is 0. The Morgan fingerprint density at radius 2 is 1.45 bits per heavy atom. The van der Waals surface area contributed by atoms with Crippen molar-refractivity contribution in [3.63, 3.8) is 0 Å². The summed E-state index contributed by atoms with van der Waals surface area (Å²) in [6.45, 7) is 2.58. The number of para-hydroxylation sites is 2. The number of hydrogen-bond donors (Lipinski definition) is 1. The molecule has 1 aromatic heterocycles. The van der Waals surface area contributed by atoms with Gasteiger partial charge in [-0.05, 0) is 49.6 Å². The minimum Gasteiger partial charge on any atom is -0.349 e. The minimum atomic E-state index is -0.532. The Morgan fingerprint density at radius 3 is 2.06 bits per heavy atom. The predicted octanol–water partition coefficient (Wildman–Crippen LogP) is 3.68. The molecule has 6 heteroatoms. The summed E-state index contributed by atoms with van der Waals surface area (Å²) in [5.74, 6) is -0.0494. The number of amides is 1. The molecule has 0 saturated heterocycles. The summed E-state index contributed by atoms with van der Waals surface area (Å²) in [5, 5.41) is 3.16. The van der Waals surface area contributed by atoms with E-state index in [2.05, 4.69) is 5.32 Å². The van der Waals surface area contributed by atoms with Gasteiger partial charge >= 0.3 is 11.1 Å². The molecule has 31 heavy (non-hydrogen) atoms. The summed E-state index contributed by atoms with van der Waals surface area (Å²) in [5.41, 5.74) is 1.91. The van der Waals surface area contributed by atoms with Crippen molar-refractivity contribution in [3.05, 3.63) is 80.4 Å². The van der Waals surface area contributed by atoms with E-state index >= 15 is 0 Å². The molecular weight excluding hydrogens is 390 g/mol. The number of benzene rings is 2. The summed E-state index contributed by atoms with van der Waals surface area (Å²) in [4.78, 5) is 37.9. The van der Waals surface area contributed by atoms with Crippen LogP contribution < -0.4 is 16.4 Å². The number of carbonyl (C=O) groups excluding carboxylic acids is 1. The molecule has 1 aliphatic carbocycles. The number of aryl methyl sites for hydroxylation is 1. The lowest BCUT2D eigenvalue weighted by Gasteiger charge is -2.16. The zero-order chi connectivity index (χ0) is 21.8. The van der Waals surface area contributed by atoms with Crippen LogP contribution in [-0.2, 0) is 13.1 Å². The smallest absolute Gasteiger partial charge is 0.317 e. The quantitative estimate of drug-likeness (QED) is 0.506. The van der Waals surface area contributed by atoms with Gasteiger partial charge in [0.05, 0.1) is 17.6 Å². The molecule has 0 atom stereocenters. The third-order valence-electron chi connectivity index (χ3n) is 6.20. The molecule has 0 spiro atoms. The molecule has 1 saturated carbocycles. The predicted molar refractivity (Wildman–Crippen MR) is 123 cm³/mol. The molecule has 6 nitrogen and oxygen atoms in total. The highest BCUT2D eigenvalue weighted by Gasteiger charge is 2.16. The Balaban J connectivity index is 1.56. The number of nitrogens with one attached hydrogen (secondary N) is 1. The molecule has 4 rings (SSSR count). The van der Waals surface area contributed by atoms with E-state index in [0.717, 1.165) is 29.4 Å². The Bertz CT molecular complexity index is 1180. The molecule has 0 unspecified atom stereocenters. The normalized spacial score (nSPS) is 15.0. The largest absolute Gasteiger partial charge is 0.349 e. The molecule has 1 amide bonds. The Labute approximate surface area is 181 Å². The fourth-order valence-electron chi connectivity index (χ4n) is 4.48. The van der Waals surface area contributed by atoms with E-state index in [9.17, 15) is 14.4 Å². The Hall–Kier alpha value is -3.15. The zero-order valence-corrected chi connectivity index (χ0v) is 18.0. The molecule has 3 aromatic rings. The van der Waals surface area contributed by atoms with Crippen molar-refractivity contribution in [2.24, 2.45) is 0 Å². The number of carbonyl (C=O) groups is 1. The van der Waals surface area contributed by atoms with E-state index in [1.165, 1.54) is 34.8 Å². The van der Waals surface area contributed by atoms with Crippen LogP contribution in [0.4, 0.5) is 0 Å². The van der Waals surface area contributed by atoms with Gasteiger partial charge in [0.15, 0.2) is 0 Å². The third-order valence-corrected chi connectivity index (χ3v) is 6.20. The van der Waals surface area contributed by atoms with Gasteiger partial charge in [-0.2, -0.15) is 0 Å². The Kier molecular flexibility index (Phi) is 6.35. The molecule has 1 fully saturated rings. The van der Waals surface area contributed by atoms with E-state index < -0.39 is 11.1 Å². The van der Waals surface area contributed by atoms with Crippen LogP contribution >= 0.6 is 0 Å². The molecule has 1 aliphatic rings. The van der Waals surface area contributed by atoms with Gasteiger partial charge in [0.1, 0.15) is 0 Å². The highest BCUT2D eigenvalue weighted by atomic mass is 16.2. The molecule has 2 aromatic carbocycles. The molecule has 0 aliphatic heterocycles. The number of hydrogen-bond acceptors (Lipinski definition) is 3. The highest BCUT2D eigenvalue weighted by molar-refractivity contribution is 5.94. The van der Waals surface area contributed by atoms with Crippen LogP contribution in [0.25, 0.3) is 11.0 Å². The van der Waals surface area contributed by atoms with Crippen LogP contribution in [0.5, 0.6) is 0 Å². The van der Waals surface area contributed by atoms with Crippen molar-refractivity contribution in [1.29, 1.82) is 0 Å². The van der Waals surface area contributed by atoms with Crippen LogP contribution in [0.15, 0.2) is 58.1 Å². The van der Waals surface area contributed by atoms with Crippen LogP contribution in [0.2, 0.25) is 0 Å². The summed E-state index contributed by atoms with van der Waals surface area (Å²) in [6, 6.07) is 15.0. The zero-order valence-electron chi connectivity index (χ0n) is 18.0. The number of nitrogens with zero attached hydrogens (tertiary/aromatic N) is 2. The van der Waals surface area contributed by atoms with Gasteiger partial charge in [0.2, 0.25) is 0 Å². The lowest BCUT2D eigenvalue weighted by molar-refractivity contribution is 0.0933. The first-order valence-corrected chi connectivity index (χ1v) is 11.2. The monoisotopic (exact) mass is 419 g/mol. The van der Waals surface area contributed by atoms with E-state index in [-0.39, 0.29) is 18.5 Å². The average Bonchev–Trinajstić information content (AvgIpc) is 3.06. The van der Waals surface area contributed by atoms with Gasteiger partial charge in [-0.15, -0.1) is 0 Å². The number of rotatable bonds is 5. The lowest BCUT2D eigenvalue weighted by atomic mass is 10.1. The Morgan fingerprint density at radius 1 is 0.871 bits per heavy atom. The van der Waals surface area contributed by atoms with Crippen molar-refractivity contribution in [2.45, 2.75) is 64.6 Å². The molecular formula is C25H29N3O3. The summed E-state index contributed by atoms with van der Waals surface area (Å²) < 4.78 is 3.03. The lowest BCUT2D eigenvalue weighted by Crippen LogP contribution is -2.41. The van der Waals surface area contributed by atoms with Crippen LogP contribution in [-0.4, -0.2) is 21.1 Å². The molecule has 0 radical (unpaired) electrons. The van der Waals surface area contributed by atoms with Crippen LogP contribution in [0, 0.1) is 0 Å². The standard InChI is InChI=1S/C25H29N3O3/c1-2-27-21-11-7-8-12-22(21)28(25(31)24(27)30)17-18-13-15-19(16-14-18)23(29)26-20-9-5-3-4-6-10-20/h7-8,11-16,20H,2-6,9-10,17H2,1H3,(H,26,29). The average molecular weight is 420 g/mol. The maximum Gasteiger partial charge on any atom is 0.317 e. The van der Waals surface area contributed by atoms with Gasteiger partial charge in [-0.3, -0.25) is 19.0 Å². The second-order valence-corrected chi connectivity index (χ2v) is 8.29. The van der Waals surface area contributed by atoms with Gasteiger partial charge in [-0.25, -0.2) is 0 Å². The highest BCUT2D eigenvalue weighted by Crippen LogP contribution is 2.18. The first-order valence-electron chi connectivity index (χ1n) is 11.2. The van der Waals surface area contributed by atoms with E-state index in [4.69, 9.17) is 0 Å². The fraction of sp³-hybridized carbons (Fsp3) is 0.400. The van der Waals surface area contributed by atoms with Crippen molar-refractivity contribution in [2.75, 3.05) is 0 Å². The van der Waals surface area contributed by atoms with Gasteiger partial charge in [0, 0.05) is 18.2 Å². The van der Waals surface area contributed by atoms with Crippen LogP contribution in [0.1, 0.15) is 61.4 Å². The number of fused-ring (bicyclic) bond motifs is 1. The second kappa shape index (κ2) is 9.33. The second-order valence-electron chi connectivity index (χ2n) is 8.29. The van der Waals surface area contributed by atoms with E-state index in [1.54, 1.807) is 12.1 Å². The van der Waals surface area contributed by atoms with Gasteiger partial charge < -0.3 is 9.88 Å². The van der Waals surface area contributed by atoms with Gasteiger partial charge in [-0.1, -0.05) is 49.9 Å². The van der Waals surface area contributed by atoms with Crippen molar-refractivity contribution in [3.8, 4) is 0 Å². The maximum atomic E-state index is 12.8. The SMILES string of the molecule is CCn1c(=O)c(=O)n(Cc2ccc(C(=O)NC3CCCCCC3)cc2)c2ccccc21. The topological polar surface area (TPSA) is 73.1 Å². The molecule has 1 heterocycles. The minimum absolute atomic E-state index is 0.0494. The first kappa shape index (κ1) is 21.1. The number of aromatic nitrogens is 2. The van der Waals surface area contributed by atoms with Crippen molar-refractivity contribution in [1.82, 2.24) is 14.5 Å². The van der Waals surface area contributed by atoms with Crippen molar-refractivity contribution < 1.29 is 4.79 Å². The summed E-state index contributed by atoms with van der Waals surface area (Å²) in [7, 11) is 0. The van der Waals surface area contributed by atoms with E-state index in [0.29, 0.717) is 12.1 Å². The summed E-state index contributed by atoms with van der Waals surface area (Å²) in [6.07, 6.45) is 6.93. The first-order chi connectivity index (χ1) is 15.1.